The first-order chi connectivity index (χ1) is 9.40. The number of nitrogens with zero attached hydrogens (tertiary/aromatic N) is 1. The third kappa shape index (κ3) is 3.32. The maximum Gasteiger partial charge on any atom is 0.416 e. The van der Waals surface area contributed by atoms with E-state index in [4.69, 9.17) is 0 Å². The SMILES string of the molecule is Cl.O=C(c1ccc(C(F)(F)F)cc1)N1CCNC2(CC2)C1. The average Bonchev–Trinajstić information content (AvgIpc) is 3.16. The lowest BCUT2D eigenvalue weighted by Crippen LogP contribution is -2.54. The molecule has 1 aliphatic heterocycles. The molecule has 1 heterocycles. The van der Waals surface area contributed by atoms with Crippen molar-refractivity contribution < 1.29 is 18.0 Å². The number of carbonyl (C=O) groups is 1. The molecule has 1 aromatic carbocycles. The van der Waals surface area contributed by atoms with Crippen LogP contribution in [0.15, 0.2) is 24.3 Å². The fourth-order valence-corrected chi connectivity index (χ4v) is 2.60. The van der Waals surface area contributed by atoms with Crippen molar-refractivity contribution in [2.24, 2.45) is 0 Å². The Morgan fingerprint density at radius 3 is 2.33 bits per heavy atom. The molecule has 116 valence electrons. The molecule has 2 aliphatic rings. The molecule has 3 rings (SSSR count). The van der Waals surface area contributed by atoms with Crippen molar-refractivity contribution in [3.8, 4) is 0 Å². The van der Waals surface area contributed by atoms with Crippen molar-refractivity contribution in [2.45, 2.75) is 24.6 Å². The van der Waals surface area contributed by atoms with Crippen LogP contribution in [0.25, 0.3) is 0 Å². The fourth-order valence-electron chi connectivity index (χ4n) is 2.60. The van der Waals surface area contributed by atoms with Gasteiger partial charge in [-0.05, 0) is 37.1 Å². The van der Waals surface area contributed by atoms with Crippen LogP contribution in [0, 0.1) is 0 Å². The number of alkyl halides is 3. The van der Waals surface area contributed by atoms with Gasteiger partial charge in [-0.2, -0.15) is 13.2 Å². The first-order valence-corrected chi connectivity index (χ1v) is 6.61. The molecule has 0 radical (unpaired) electrons. The molecule has 1 saturated heterocycles. The predicted octanol–water partition coefficient (Wildman–Crippen LogP) is 2.71. The minimum atomic E-state index is -4.37. The average molecular weight is 321 g/mol. The molecule has 1 saturated carbocycles. The highest BCUT2D eigenvalue weighted by Gasteiger charge is 2.46. The van der Waals surface area contributed by atoms with Gasteiger partial charge in [-0.3, -0.25) is 4.79 Å². The maximum absolute atomic E-state index is 12.5. The van der Waals surface area contributed by atoms with E-state index in [2.05, 4.69) is 5.32 Å². The van der Waals surface area contributed by atoms with Gasteiger partial charge < -0.3 is 10.2 Å². The topological polar surface area (TPSA) is 32.3 Å². The zero-order valence-corrected chi connectivity index (χ0v) is 12.1. The van der Waals surface area contributed by atoms with E-state index in [9.17, 15) is 18.0 Å². The number of benzene rings is 1. The van der Waals surface area contributed by atoms with Gasteiger partial charge in [0.2, 0.25) is 0 Å². The highest BCUT2D eigenvalue weighted by Crippen LogP contribution is 2.37. The van der Waals surface area contributed by atoms with E-state index in [1.807, 2.05) is 0 Å². The van der Waals surface area contributed by atoms with Gasteiger partial charge >= 0.3 is 6.18 Å². The summed E-state index contributed by atoms with van der Waals surface area (Å²) in [4.78, 5) is 14.0. The van der Waals surface area contributed by atoms with Crippen LogP contribution < -0.4 is 5.32 Å². The number of amides is 1. The van der Waals surface area contributed by atoms with E-state index in [1.165, 1.54) is 12.1 Å². The normalized spacial score (nSPS) is 20.0. The Morgan fingerprint density at radius 1 is 1.19 bits per heavy atom. The van der Waals surface area contributed by atoms with Gasteiger partial charge in [-0.15, -0.1) is 12.4 Å². The van der Waals surface area contributed by atoms with Crippen molar-refractivity contribution in [1.29, 1.82) is 0 Å². The minimum absolute atomic E-state index is 0. The van der Waals surface area contributed by atoms with E-state index in [0.29, 0.717) is 18.7 Å². The van der Waals surface area contributed by atoms with Gasteiger partial charge in [0.05, 0.1) is 5.56 Å². The van der Waals surface area contributed by atoms with Crippen molar-refractivity contribution in [1.82, 2.24) is 10.2 Å². The number of nitrogens with one attached hydrogen (secondary N) is 1. The summed E-state index contributed by atoms with van der Waals surface area (Å²) in [6.07, 6.45) is -2.25. The third-order valence-electron chi connectivity index (χ3n) is 3.98. The predicted molar refractivity (Wildman–Crippen MR) is 74.6 cm³/mol. The summed E-state index contributed by atoms with van der Waals surface area (Å²) in [5.41, 5.74) is -0.344. The standard InChI is InChI=1S/C14H15F3N2O.ClH/c15-14(16,17)11-3-1-10(2-4-11)12(20)19-8-7-18-13(9-19)5-6-13;/h1-4,18H,5-9H2;1H. The van der Waals surface area contributed by atoms with Crippen LogP contribution in [0.3, 0.4) is 0 Å². The minimum Gasteiger partial charge on any atom is -0.336 e. The van der Waals surface area contributed by atoms with Gasteiger partial charge in [0.15, 0.2) is 0 Å². The lowest BCUT2D eigenvalue weighted by atomic mass is 10.1. The molecule has 0 unspecified atom stereocenters. The Hall–Kier alpha value is -1.27. The van der Waals surface area contributed by atoms with Crippen molar-refractivity contribution >= 4 is 18.3 Å². The summed E-state index contributed by atoms with van der Waals surface area (Å²) in [7, 11) is 0. The zero-order chi connectivity index (χ0) is 14.4. The zero-order valence-electron chi connectivity index (χ0n) is 11.2. The van der Waals surface area contributed by atoms with Crippen LogP contribution in [0.2, 0.25) is 0 Å². The van der Waals surface area contributed by atoms with E-state index in [-0.39, 0.29) is 23.9 Å². The highest BCUT2D eigenvalue weighted by molar-refractivity contribution is 5.94. The summed E-state index contributed by atoms with van der Waals surface area (Å²) in [6.45, 7) is 1.99. The van der Waals surface area contributed by atoms with Gasteiger partial charge in [0.25, 0.3) is 5.91 Å². The maximum atomic E-state index is 12.5. The van der Waals surface area contributed by atoms with Crippen LogP contribution in [-0.4, -0.2) is 36.0 Å². The summed E-state index contributed by atoms with van der Waals surface area (Å²) in [5, 5.41) is 3.39. The number of hydrogen-bond acceptors (Lipinski definition) is 2. The number of carbonyl (C=O) groups excluding carboxylic acids is 1. The van der Waals surface area contributed by atoms with Gasteiger partial charge in [-0.25, -0.2) is 0 Å². The quantitative estimate of drug-likeness (QED) is 0.863. The van der Waals surface area contributed by atoms with Crippen LogP contribution in [0.1, 0.15) is 28.8 Å². The monoisotopic (exact) mass is 320 g/mol. The van der Waals surface area contributed by atoms with E-state index < -0.39 is 11.7 Å². The Morgan fingerprint density at radius 2 is 1.81 bits per heavy atom. The van der Waals surface area contributed by atoms with E-state index in [0.717, 1.165) is 31.5 Å². The number of hydrogen-bond donors (Lipinski definition) is 1. The summed E-state index contributed by atoms with van der Waals surface area (Å²) < 4.78 is 37.4. The Bertz CT molecular complexity index is 526. The molecule has 1 spiro atoms. The van der Waals surface area contributed by atoms with Crippen LogP contribution in [0.4, 0.5) is 13.2 Å². The van der Waals surface area contributed by atoms with E-state index >= 15 is 0 Å². The first kappa shape index (κ1) is 16.1. The largest absolute Gasteiger partial charge is 0.416 e. The van der Waals surface area contributed by atoms with Crippen LogP contribution >= 0.6 is 12.4 Å². The fraction of sp³-hybridized carbons (Fsp3) is 0.500. The lowest BCUT2D eigenvalue weighted by Gasteiger charge is -2.34. The first-order valence-electron chi connectivity index (χ1n) is 6.61. The molecule has 1 aliphatic carbocycles. The van der Waals surface area contributed by atoms with Crippen molar-refractivity contribution in [2.75, 3.05) is 19.6 Å². The van der Waals surface area contributed by atoms with Crippen molar-refractivity contribution in [3.63, 3.8) is 0 Å². The van der Waals surface area contributed by atoms with Gasteiger partial charge in [-0.1, -0.05) is 0 Å². The van der Waals surface area contributed by atoms with Crippen LogP contribution in [-0.2, 0) is 6.18 Å². The summed E-state index contributed by atoms with van der Waals surface area (Å²) in [6, 6.07) is 4.43. The molecule has 1 N–H and O–H groups in total. The highest BCUT2D eigenvalue weighted by atomic mass is 35.5. The molecule has 0 atom stereocenters. The second-order valence-electron chi connectivity index (χ2n) is 5.51. The molecule has 2 fully saturated rings. The molecule has 21 heavy (non-hydrogen) atoms. The molecule has 1 amide bonds. The molecule has 7 heteroatoms. The smallest absolute Gasteiger partial charge is 0.336 e. The Labute approximate surface area is 126 Å². The second kappa shape index (κ2) is 5.50. The molecule has 0 aromatic heterocycles. The number of halogens is 4. The lowest BCUT2D eigenvalue weighted by molar-refractivity contribution is -0.137. The van der Waals surface area contributed by atoms with Gasteiger partial charge in [0, 0.05) is 30.7 Å². The van der Waals surface area contributed by atoms with E-state index in [1.54, 1.807) is 4.90 Å². The summed E-state index contributed by atoms with van der Waals surface area (Å²) in [5.74, 6) is -0.188. The molecular weight excluding hydrogens is 305 g/mol. The van der Waals surface area contributed by atoms with Crippen LogP contribution in [0.5, 0.6) is 0 Å². The number of piperazine rings is 1. The molecule has 1 aromatic rings. The molecule has 0 bridgehead atoms. The Kier molecular flexibility index (Phi) is 4.22. The Balaban J connectivity index is 0.00000161. The second-order valence-corrected chi connectivity index (χ2v) is 5.51. The number of rotatable bonds is 1. The molecular formula is C14H16ClF3N2O. The molecule has 3 nitrogen and oxygen atoms in total. The van der Waals surface area contributed by atoms with Crippen molar-refractivity contribution in [3.05, 3.63) is 35.4 Å². The third-order valence-corrected chi connectivity index (χ3v) is 3.98. The summed E-state index contributed by atoms with van der Waals surface area (Å²) >= 11 is 0. The van der Waals surface area contributed by atoms with Gasteiger partial charge in [0.1, 0.15) is 0 Å².